The van der Waals surface area contributed by atoms with E-state index in [1.807, 2.05) is 12.1 Å². The Balaban J connectivity index is 1.61. The summed E-state index contributed by atoms with van der Waals surface area (Å²) in [5, 5.41) is 3.35. The Morgan fingerprint density at radius 3 is 2.75 bits per heavy atom. The number of primary amides is 1. The Morgan fingerprint density at radius 2 is 2.00 bits per heavy atom. The minimum absolute atomic E-state index is 0.152. The van der Waals surface area contributed by atoms with Crippen LogP contribution in [-0.2, 0) is 17.9 Å². The first kappa shape index (κ1) is 16.5. The number of nitrogens with zero attached hydrogens (tertiary/aromatic N) is 1. The van der Waals surface area contributed by atoms with E-state index in [9.17, 15) is 9.18 Å². The topological polar surface area (TPSA) is 58.4 Å². The Bertz CT molecular complexity index is 702. The highest BCUT2D eigenvalue weighted by Gasteiger charge is 2.28. The molecule has 2 aromatic carbocycles. The van der Waals surface area contributed by atoms with E-state index in [4.69, 9.17) is 5.73 Å². The number of carbonyl (C=O) groups excluding carboxylic acids is 1. The van der Waals surface area contributed by atoms with Crippen molar-refractivity contribution in [3.05, 3.63) is 65.5 Å². The van der Waals surface area contributed by atoms with Crippen LogP contribution < -0.4 is 11.1 Å². The zero-order valence-electron chi connectivity index (χ0n) is 13.5. The summed E-state index contributed by atoms with van der Waals surface area (Å²) in [5.41, 5.74) is 8.65. The monoisotopic (exact) mass is 327 g/mol. The maximum atomic E-state index is 12.9. The van der Waals surface area contributed by atoms with Gasteiger partial charge in [-0.1, -0.05) is 24.3 Å². The number of amides is 1. The second kappa shape index (κ2) is 7.45. The van der Waals surface area contributed by atoms with Gasteiger partial charge in [0, 0.05) is 18.8 Å². The van der Waals surface area contributed by atoms with E-state index in [1.165, 1.54) is 12.1 Å². The summed E-state index contributed by atoms with van der Waals surface area (Å²) in [6.07, 6.45) is 1.86. The third-order valence-corrected chi connectivity index (χ3v) is 4.41. The average Bonchev–Trinajstić information content (AvgIpc) is 3.03. The number of halogens is 1. The fraction of sp³-hybridized carbons (Fsp3) is 0.316. The minimum atomic E-state index is -0.238. The molecule has 1 heterocycles. The second-order valence-electron chi connectivity index (χ2n) is 6.21. The third kappa shape index (κ3) is 4.11. The Hall–Kier alpha value is -2.40. The van der Waals surface area contributed by atoms with E-state index in [2.05, 4.69) is 22.3 Å². The molecule has 1 aliphatic rings. The summed E-state index contributed by atoms with van der Waals surface area (Å²) in [6.45, 7) is 2.26. The van der Waals surface area contributed by atoms with Crippen LogP contribution in [0.3, 0.4) is 0 Å². The molecule has 4 nitrogen and oxygen atoms in total. The molecule has 1 amide bonds. The molecule has 24 heavy (non-hydrogen) atoms. The predicted molar refractivity (Wildman–Crippen MR) is 92.8 cm³/mol. The predicted octanol–water partition coefficient (Wildman–Crippen LogP) is 2.89. The zero-order chi connectivity index (χ0) is 16.9. The first-order chi connectivity index (χ1) is 11.6. The number of benzene rings is 2. The van der Waals surface area contributed by atoms with Gasteiger partial charge in [0.2, 0.25) is 5.91 Å². The molecule has 0 bridgehead atoms. The lowest BCUT2D eigenvalue weighted by molar-refractivity contribution is -0.122. The SMILES string of the molecule is NC(=O)C1CCCN1Cc1cccc(NCc2ccc(F)cc2)c1. The van der Waals surface area contributed by atoms with Crippen LogP contribution in [0.1, 0.15) is 24.0 Å². The van der Waals surface area contributed by atoms with E-state index < -0.39 is 0 Å². The number of hydrogen-bond donors (Lipinski definition) is 2. The molecule has 5 heteroatoms. The lowest BCUT2D eigenvalue weighted by Gasteiger charge is -2.22. The molecule has 0 spiro atoms. The number of carbonyl (C=O) groups is 1. The molecule has 0 radical (unpaired) electrons. The van der Waals surface area contributed by atoms with Crippen molar-refractivity contribution >= 4 is 11.6 Å². The number of nitrogens with one attached hydrogen (secondary N) is 1. The van der Waals surface area contributed by atoms with Crippen molar-refractivity contribution in [3.8, 4) is 0 Å². The van der Waals surface area contributed by atoms with Gasteiger partial charge in [0.25, 0.3) is 0 Å². The molecule has 0 saturated carbocycles. The summed E-state index contributed by atoms with van der Waals surface area (Å²) in [7, 11) is 0. The molecule has 1 unspecified atom stereocenters. The van der Waals surface area contributed by atoms with Crippen molar-refractivity contribution in [2.45, 2.75) is 32.0 Å². The fourth-order valence-electron chi connectivity index (χ4n) is 3.16. The molecular formula is C19H22FN3O. The zero-order valence-corrected chi connectivity index (χ0v) is 13.5. The normalized spacial score (nSPS) is 17.8. The van der Waals surface area contributed by atoms with Gasteiger partial charge in [-0.2, -0.15) is 0 Å². The summed E-state index contributed by atoms with van der Waals surface area (Å²) < 4.78 is 12.9. The van der Waals surface area contributed by atoms with Gasteiger partial charge in [-0.05, 0) is 54.8 Å². The second-order valence-corrected chi connectivity index (χ2v) is 6.21. The van der Waals surface area contributed by atoms with Gasteiger partial charge in [-0.15, -0.1) is 0 Å². The van der Waals surface area contributed by atoms with Crippen LogP contribution in [0.15, 0.2) is 48.5 Å². The minimum Gasteiger partial charge on any atom is -0.381 e. The summed E-state index contributed by atoms with van der Waals surface area (Å²) in [5.74, 6) is -0.464. The number of hydrogen-bond acceptors (Lipinski definition) is 3. The van der Waals surface area contributed by atoms with E-state index in [-0.39, 0.29) is 17.8 Å². The van der Waals surface area contributed by atoms with Crippen molar-refractivity contribution in [2.75, 3.05) is 11.9 Å². The quantitative estimate of drug-likeness (QED) is 0.858. The average molecular weight is 327 g/mol. The van der Waals surface area contributed by atoms with Crippen LogP contribution in [0.25, 0.3) is 0 Å². The number of nitrogens with two attached hydrogens (primary N) is 1. The third-order valence-electron chi connectivity index (χ3n) is 4.41. The van der Waals surface area contributed by atoms with E-state index >= 15 is 0 Å². The first-order valence-corrected chi connectivity index (χ1v) is 8.22. The van der Waals surface area contributed by atoms with E-state index in [1.54, 1.807) is 12.1 Å². The van der Waals surface area contributed by atoms with Crippen LogP contribution in [0.4, 0.5) is 10.1 Å². The molecule has 0 aromatic heterocycles. The molecule has 3 rings (SSSR count). The largest absolute Gasteiger partial charge is 0.381 e. The van der Waals surface area contributed by atoms with Crippen LogP contribution in [0.2, 0.25) is 0 Å². The molecule has 2 aromatic rings. The Morgan fingerprint density at radius 1 is 1.21 bits per heavy atom. The van der Waals surface area contributed by atoms with Crippen molar-refractivity contribution in [1.29, 1.82) is 0 Å². The molecular weight excluding hydrogens is 305 g/mol. The summed E-state index contributed by atoms with van der Waals surface area (Å²) >= 11 is 0. The highest BCUT2D eigenvalue weighted by Crippen LogP contribution is 2.21. The number of rotatable bonds is 6. The van der Waals surface area contributed by atoms with Gasteiger partial charge in [-0.25, -0.2) is 4.39 Å². The van der Waals surface area contributed by atoms with Gasteiger partial charge < -0.3 is 11.1 Å². The summed E-state index contributed by atoms with van der Waals surface area (Å²) in [6, 6.07) is 14.5. The van der Waals surface area contributed by atoms with Crippen molar-refractivity contribution < 1.29 is 9.18 Å². The molecule has 1 fully saturated rings. The van der Waals surface area contributed by atoms with E-state index in [0.29, 0.717) is 6.54 Å². The van der Waals surface area contributed by atoms with Crippen LogP contribution in [-0.4, -0.2) is 23.4 Å². The van der Waals surface area contributed by atoms with Gasteiger partial charge >= 0.3 is 0 Å². The van der Waals surface area contributed by atoms with Crippen LogP contribution in [0, 0.1) is 5.82 Å². The molecule has 1 aliphatic heterocycles. The van der Waals surface area contributed by atoms with Gasteiger partial charge in [-0.3, -0.25) is 9.69 Å². The van der Waals surface area contributed by atoms with Gasteiger partial charge in [0.15, 0.2) is 0 Å². The number of likely N-dealkylation sites (tertiary alicyclic amines) is 1. The highest BCUT2D eigenvalue weighted by molar-refractivity contribution is 5.80. The van der Waals surface area contributed by atoms with Gasteiger partial charge in [0.05, 0.1) is 6.04 Å². The maximum absolute atomic E-state index is 12.9. The van der Waals surface area contributed by atoms with Gasteiger partial charge in [0.1, 0.15) is 5.82 Å². The Kier molecular flexibility index (Phi) is 5.11. The molecule has 3 N–H and O–H groups in total. The first-order valence-electron chi connectivity index (χ1n) is 8.22. The van der Waals surface area contributed by atoms with Crippen molar-refractivity contribution in [1.82, 2.24) is 4.90 Å². The molecule has 1 saturated heterocycles. The lowest BCUT2D eigenvalue weighted by atomic mass is 10.1. The highest BCUT2D eigenvalue weighted by atomic mass is 19.1. The van der Waals surface area contributed by atoms with Crippen molar-refractivity contribution in [3.63, 3.8) is 0 Å². The maximum Gasteiger partial charge on any atom is 0.234 e. The standard InChI is InChI=1S/C19H22FN3O/c20-16-8-6-14(7-9-16)12-22-17-4-1-3-15(11-17)13-23-10-2-5-18(23)19(21)24/h1,3-4,6-9,11,18,22H,2,5,10,12-13H2,(H2,21,24). The van der Waals surface area contributed by atoms with Crippen LogP contribution >= 0.6 is 0 Å². The van der Waals surface area contributed by atoms with E-state index in [0.717, 1.165) is 42.7 Å². The fourth-order valence-corrected chi connectivity index (χ4v) is 3.16. The molecule has 1 atom stereocenters. The molecule has 126 valence electrons. The number of anilines is 1. The lowest BCUT2D eigenvalue weighted by Crippen LogP contribution is -2.39. The Labute approximate surface area is 141 Å². The smallest absolute Gasteiger partial charge is 0.234 e. The summed E-state index contributed by atoms with van der Waals surface area (Å²) in [4.78, 5) is 13.6. The van der Waals surface area contributed by atoms with Crippen molar-refractivity contribution in [2.24, 2.45) is 5.73 Å². The van der Waals surface area contributed by atoms with Crippen LogP contribution in [0.5, 0.6) is 0 Å². The molecule has 0 aliphatic carbocycles.